The Bertz CT molecular complexity index is 661. The molecule has 1 N–H and O–H groups in total. The number of para-hydroxylation sites is 1. The number of nitrogens with zero attached hydrogens (tertiary/aromatic N) is 2. The van der Waals surface area contributed by atoms with Crippen molar-refractivity contribution in [2.45, 2.75) is 10.1 Å². The molecule has 0 fully saturated rings. The molecule has 0 aliphatic rings. The third kappa shape index (κ3) is 2.88. The lowest BCUT2D eigenvalue weighted by atomic mass is 10.3. The molecule has 0 aliphatic carbocycles. The Morgan fingerprint density at radius 3 is 3.00 bits per heavy atom. The second kappa shape index (κ2) is 5.59. The number of hydrogen-bond acceptors (Lipinski definition) is 5. The summed E-state index contributed by atoms with van der Waals surface area (Å²) in [5.41, 5.74) is 2.34. The molecule has 0 aliphatic heterocycles. The topological polar surface area (TPSA) is 37.8 Å². The molecule has 0 saturated heterocycles. The van der Waals surface area contributed by atoms with Gasteiger partial charge in [0.15, 0.2) is 4.34 Å². The lowest BCUT2D eigenvalue weighted by molar-refractivity contribution is 1.24. The third-order valence-corrected chi connectivity index (χ3v) is 4.97. The first-order chi connectivity index (χ1) is 9.35. The highest BCUT2D eigenvalue weighted by Gasteiger charge is 2.04. The molecule has 0 unspecified atom stereocenters. The van der Waals surface area contributed by atoms with Crippen LogP contribution in [0.15, 0.2) is 46.9 Å². The van der Waals surface area contributed by atoms with E-state index in [0.29, 0.717) is 0 Å². The van der Waals surface area contributed by atoms with Crippen LogP contribution in [-0.2, 0) is 5.75 Å². The number of anilines is 1. The molecular weight excluding hydrogens is 274 g/mol. The molecule has 3 aromatic rings. The Balaban J connectivity index is 1.74. The summed E-state index contributed by atoms with van der Waals surface area (Å²) in [6.45, 7) is 0. The highest BCUT2D eigenvalue weighted by Crippen LogP contribution is 2.31. The van der Waals surface area contributed by atoms with E-state index in [9.17, 15) is 0 Å². The standard InChI is InChI=1S/C14H13N3S2/c1-15-13-8-10(6-7-16-13)9-18-14-17-11-4-2-3-5-12(11)19-14/h2-8H,9H2,1H3,(H,15,16). The largest absolute Gasteiger partial charge is 0.373 e. The quantitative estimate of drug-likeness (QED) is 0.735. The van der Waals surface area contributed by atoms with Gasteiger partial charge in [0.05, 0.1) is 10.2 Å². The van der Waals surface area contributed by atoms with Gasteiger partial charge in [-0.15, -0.1) is 11.3 Å². The van der Waals surface area contributed by atoms with Crippen LogP contribution in [0.4, 0.5) is 5.82 Å². The number of thiazole rings is 1. The summed E-state index contributed by atoms with van der Waals surface area (Å²) in [7, 11) is 1.88. The van der Waals surface area contributed by atoms with Gasteiger partial charge < -0.3 is 5.32 Å². The molecule has 96 valence electrons. The average molecular weight is 287 g/mol. The molecule has 0 amide bonds. The molecule has 2 aromatic heterocycles. The van der Waals surface area contributed by atoms with E-state index in [4.69, 9.17) is 0 Å². The van der Waals surface area contributed by atoms with Crippen molar-refractivity contribution in [3.8, 4) is 0 Å². The molecule has 0 atom stereocenters. The van der Waals surface area contributed by atoms with Crippen molar-refractivity contribution in [1.29, 1.82) is 0 Å². The van der Waals surface area contributed by atoms with Crippen molar-refractivity contribution in [3.63, 3.8) is 0 Å². The van der Waals surface area contributed by atoms with Gasteiger partial charge >= 0.3 is 0 Å². The van der Waals surface area contributed by atoms with Crippen LogP contribution in [0.3, 0.4) is 0 Å². The van der Waals surface area contributed by atoms with Gasteiger partial charge in [-0.25, -0.2) is 9.97 Å². The fourth-order valence-corrected chi connectivity index (χ4v) is 3.77. The normalized spacial score (nSPS) is 10.8. The van der Waals surface area contributed by atoms with Gasteiger partial charge in [-0.3, -0.25) is 0 Å². The summed E-state index contributed by atoms with van der Waals surface area (Å²) in [5, 5.41) is 3.05. The van der Waals surface area contributed by atoms with Gasteiger partial charge in [0.2, 0.25) is 0 Å². The molecule has 0 saturated carbocycles. The highest BCUT2D eigenvalue weighted by atomic mass is 32.2. The molecule has 19 heavy (non-hydrogen) atoms. The zero-order valence-corrected chi connectivity index (χ0v) is 12.1. The van der Waals surface area contributed by atoms with E-state index in [0.717, 1.165) is 21.4 Å². The van der Waals surface area contributed by atoms with Gasteiger partial charge in [0.25, 0.3) is 0 Å². The second-order valence-corrected chi connectivity index (χ2v) is 6.29. The van der Waals surface area contributed by atoms with Crippen LogP contribution in [0.5, 0.6) is 0 Å². The second-order valence-electron chi connectivity index (χ2n) is 4.04. The maximum atomic E-state index is 4.62. The van der Waals surface area contributed by atoms with E-state index in [1.54, 1.807) is 23.1 Å². The molecule has 1 aromatic carbocycles. The van der Waals surface area contributed by atoms with Crippen molar-refractivity contribution in [2.24, 2.45) is 0 Å². The summed E-state index contributed by atoms with van der Waals surface area (Å²) in [4.78, 5) is 8.83. The first kappa shape index (κ1) is 12.4. The average Bonchev–Trinajstić information content (AvgIpc) is 2.88. The van der Waals surface area contributed by atoms with Crippen LogP contribution in [-0.4, -0.2) is 17.0 Å². The molecule has 2 heterocycles. The number of thioether (sulfide) groups is 1. The van der Waals surface area contributed by atoms with Crippen molar-refractivity contribution < 1.29 is 0 Å². The van der Waals surface area contributed by atoms with E-state index in [1.807, 2.05) is 25.4 Å². The molecule has 0 radical (unpaired) electrons. The monoisotopic (exact) mass is 287 g/mol. The zero-order valence-electron chi connectivity index (χ0n) is 10.5. The van der Waals surface area contributed by atoms with Crippen LogP contribution < -0.4 is 5.32 Å². The summed E-state index contributed by atoms with van der Waals surface area (Å²) in [5.74, 6) is 1.82. The van der Waals surface area contributed by atoms with E-state index < -0.39 is 0 Å². The highest BCUT2D eigenvalue weighted by molar-refractivity contribution is 8.00. The Kier molecular flexibility index (Phi) is 3.66. The summed E-state index contributed by atoms with van der Waals surface area (Å²) in [6, 6.07) is 12.4. The SMILES string of the molecule is CNc1cc(CSc2nc3ccccc3s2)ccn1. The van der Waals surface area contributed by atoms with E-state index >= 15 is 0 Å². The summed E-state index contributed by atoms with van der Waals surface area (Å²) < 4.78 is 2.36. The molecular formula is C14H13N3S2. The third-order valence-electron chi connectivity index (χ3n) is 2.72. The van der Waals surface area contributed by atoms with Crippen molar-refractivity contribution in [1.82, 2.24) is 9.97 Å². The van der Waals surface area contributed by atoms with E-state index in [1.165, 1.54) is 10.3 Å². The molecule has 3 nitrogen and oxygen atoms in total. The predicted octanol–water partition coefficient (Wildman–Crippen LogP) is 4.03. The van der Waals surface area contributed by atoms with Crippen LogP contribution >= 0.6 is 23.1 Å². The summed E-state index contributed by atoms with van der Waals surface area (Å²) >= 11 is 3.52. The van der Waals surface area contributed by atoms with Crippen LogP contribution in [0.2, 0.25) is 0 Å². The Morgan fingerprint density at radius 2 is 2.16 bits per heavy atom. The number of pyridine rings is 1. The number of rotatable bonds is 4. The Morgan fingerprint density at radius 1 is 1.26 bits per heavy atom. The number of benzene rings is 1. The van der Waals surface area contributed by atoms with Gasteiger partial charge in [-0.05, 0) is 29.8 Å². The van der Waals surface area contributed by atoms with Crippen molar-refractivity contribution in [3.05, 3.63) is 48.2 Å². The van der Waals surface area contributed by atoms with Crippen LogP contribution in [0.25, 0.3) is 10.2 Å². The minimum Gasteiger partial charge on any atom is -0.373 e. The fourth-order valence-electron chi connectivity index (χ4n) is 1.76. The maximum Gasteiger partial charge on any atom is 0.151 e. The smallest absolute Gasteiger partial charge is 0.151 e. The predicted molar refractivity (Wildman–Crippen MR) is 83.0 cm³/mol. The number of aromatic nitrogens is 2. The molecule has 5 heteroatoms. The molecule has 0 spiro atoms. The van der Waals surface area contributed by atoms with Crippen LogP contribution in [0.1, 0.15) is 5.56 Å². The Hall–Kier alpha value is -1.59. The van der Waals surface area contributed by atoms with Crippen molar-refractivity contribution in [2.75, 3.05) is 12.4 Å². The summed E-state index contributed by atoms with van der Waals surface area (Å²) in [6.07, 6.45) is 1.83. The van der Waals surface area contributed by atoms with Gasteiger partial charge in [0.1, 0.15) is 5.82 Å². The van der Waals surface area contributed by atoms with Gasteiger partial charge in [-0.1, -0.05) is 23.9 Å². The zero-order chi connectivity index (χ0) is 13.1. The van der Waals surface area contributed by atoms with Gasteiger partial charge in [-0.2, -0.15) is 0 Å². The Labute approximate surface area is 120 Å². The molecule has 3 rings (SSSR count). The fraction of sp³-hybridized carbons (Fsp3) is 0.143. The minimum absolute atomic E-state index is 0.905. The van der Waals surface area contributed by atoms with Crippen LogP contribution in [0, 0.1) is 0 Å². The molecule has 0 bridgehead atoms. The van der Waals surface area contributed by atoms with Gasteiger partial charge in [0, 0.05) is 19.0 Å². The minimum atomic E-state index is 0.905. The number of hydrogen-bond donors (Lipinski definition) is 1. The first-order valence-electron chi connectivity index (χ1n) is 5.96. The lowest BCUT2D eigenvalue weighted by Gasteiger charge is -2.02. The first-order valence-corrected chi connectivity index (χ1v) is 7.76. The lowest BCUT2D eigenvalue weighted by Crippen LogP contribution is -1.92. The van der Waals surface area contributed by atoms with E-state index in [2.05, 4.69) is 39.6 Å². The number of fused-ring (bicyclic) bond motifs is 1. The number of nitrogens with one attached hydrogen (secondary N) is 1. The maximum absolute atomic E-state index is 4.62. The van der Waals surface area contributed by atoms with Crippen molar-refractivity contribution >= 4 is 39.1 Å². The van der Waals surface area contributed by atoms with E-state index in [-0.39, 0.29) is 0 Å².